The molecule has 3 fully saturated rings. The molecule has 1 aromatic rings. The maximum atomic E-state index is 12.9. The molecule has 146 valence electrons. The molecular weight excluding hydrogens is 356 g/mol. The number of imide groups is 1. The topological polar surface area (TPSA) is 68.2 Å². The zero-order valence-electron chi connectivity index (χ0n) is 16.1. The SMILES string of the molecule is CCOc1ccc(C=NN2C(=O)[C@@H]3[C@H]4C=C[C@@H]([C@@H]5C[C@@H]45)[C@@H]3C2=O)cc1OCC. The van der Waals surface area contributed by atoms with E-state index in [9.17, 15) is 9.59 Å². The molecule has 0 N–H and O–H groups in total. The van der Waals surface area contributed by atoms with Crippen LogP contribution in [0.15, 0.2) is 35.5 Å². The van der Waals surface area contributed by atoms with Crippen molar-refractivity contribution in [1.29, 1.82) is 0 Å². The van der Waals surface area contributed by atoms with E-state index in [1.54, 1.807) is 6.21 Å². The Hall–Kier alpha value is -2.63. The molecule has 0 unspecified atom stereocenters. The minimum Gasteiger partial charge on any atom is -0.490 e. The smallest absolute Gasteiger partial charge is 0.254 e. The lowest BCUT2D eigenvalue weighted by Crippen LogP contribution is -2.40. The van der Waals surface area contributed by atoms with Crippen molar-refractivity contribution >= 4 is 18.0 Å². The lowest BCUT2D eigenvalue weighted by molar-refractivity contribution is -0.140. The van der Waals surface area contributed by atoms with E-state index >= 15 is 0 Å². The Morgan fingerprint density at radius 1 is 1.00 bits per heavy atom. The third-order valence-electron chi connectivity index (χ3n) is 6.53. The largest absolute Gasteiger partial charge is 0.490 e. The summed E-state index contributed by atoms with van der Waals surface area (Å²) in [5.41, 5.74) is 0.756. The molecule has 28 heavy (non-hydrogen) atoms. The van der Waals surface area contributed by atoms with Gasteiger partial charge in [0.15, 0.2) is 11.5 Å². The van der Waals surface area contributed by atoms with Crippen LogP contribution >= 0.6 is 0 Å². The van der Waals surface area contributed by atoms with Crippen molar-refractivity contribution in [3.05, 3.63) is 35.9 Å². The van der Waals surface area contributed by atoms with Gasteiger partial charge < -0.3 is 9.47 Å². The van der Waals surface area contributed by atoms with Crippen molar-refractivity contribution in [3.63, 3.8) is 0 Å². The summed E-state index contributed by atoms with van der Waals surface area (Å²) in [5.74, 6) is 2.18. The van der Waals surface area contributed by atoms with Gasteiger partial charge in [-0.15, -0.1) is 0 Å². The average molecular weight is 380 g/mol. The van der Waals surface area contributed by atoms with Crippen LogP contribution < -0.4 is 9.47 Å². The van der Waals surface area contributed by atoms with E-state index in [2.05, 4.69) is 17.3 Å². The summed E-state index contributed by atoms with van der Waals surface area (Å²) in [6.07, 6.45) is 7.05. The zero-order valence-corrected chi connectivity index (χ0v) is 16.1. The number of hydrogen-bond acceptors (Lipinski definition) is 5. The second-order valence-electron chi connectivity index (χ2n) is 7.96. The molecule has 2 amide bonds. The Morgan fingerprint density at radius 2 is 1.61 bits per heavy atom. The van der Waals surface area contributed by atoms with Crippen LogP contribution in [0.1, 0.15) is 25.8 Å². The Balaban J connectivity index is 1.38. The fourth-order valence-corrected chi connectivity index (χ4v) is 5.33. The van der Waals surface area contributed by atoms with Gasteiger partial charge in [-0.05, 0) is 67.7 Å². The number of rotatable bonds is 6. The molecule has 0 aromatic heterocycles. The van der Waals surface area contributed by atoms with Crippen molar-refractivity contribution in [2.75, 3.05) is 13.2 Å². The van der Waals surface area contributed by atoms with E-state index < -0.39 is 0 Å². The van der Waals surface area contributed by atoms with Crippen LogP contribution in [-0.2, 0) is 9.59 Å². The van der Waals surface area contributed by atoms with Gasteiger partial charge in [-0.3, -0.25) is 9.59 Å². The number of hydrazone groups is 1. The van der Waals surface area contributed by atoms with Crippen LogP contribution in [0.25, 0.3) is 0 Å². The second kappa shape index (κ2) is 6.47. The van der Waals surface area contributed by atoms with Gasteiger partial charge in [-0.1, -0.05) is 12.2 Å². The van der Waals surface area contributed by atoms with Gasteiger partial charge in [0, 0.05) is 0 Å². The third-order valence-corrected chi connectivity index (χ3v) is 6.53. The summed E-state index contributed by atoms with van der Waals surface area (Å²) in [7, 11) is 0. The summed E-state index contributed by atoms with van der Waals surface area (Å²) in [6.45, 7) is 4.89. The van der Waals surface area contributed by atoms with Crippen LogP contribution in [0.4, 0.5) is 0 Å². The second-order valence-corrected chi connectivity index (χ2v) is 7.96. The molecule has 0 spiro atoms. The number of ether oxygens (including phenoxy) is 2. The number of allylic oxidation sites excluding steroid dienone is 2. The highest BCUT2D eigenvalue weighted by Gasteiger charge is 2.67. The molecule has 6 nitrogen and oxygen atoms in total. The van der Waals surface area contributed by atoms with E-state index in [1.165, 1.54) is 0 Å². The Labute approximate surface area is 164 Å². The first-order valence-electron chi connectivity index (χ1n) is 10.1. The van der Waals surface area contributed by atoms with Crippen LogP contribution in [0.3, 0.4) is 0 Å². The predicted molar refractivity (Wildman–Crippen MR) is 103 cm³/mol. The molecule has 6 heteroatoms. The van der Waals surface area contributed by atoms with Gasteiger partial charge in [0.25, 0.3) is 11.8 Å². The monoisotopic (exact) mass is 380 g/mol. The third kappa shape index (κ3) is 2.50. The molecule has 1 aliphatic heterocycles. The predicted octanol–water partition coefficient (Wildman–Crippen LogP) is 2.87. The molecule has 1 saturated heterocycles. The van der Waals surface area contributed by atoms with Gasteiger partial charge in [0.1, 0.15) is 0 Å². The molecule has 1 heterocycles. The fourth-order valence-electron chi connectivity index (χ4n) is 5.33. The minimum atomic E-state index is -0.220. The van der Waals surface area contributed by atoms with Gasteiger partial charge in [-0.25, -0.2) is 0 Å². The summed E-state index contributed by atoms with van der Waals surface area (Å²) in [4.78, 5) is 25.9. The zero-order chi connectivity index (χ0) is 19.4. The van der Waals surface area contributed by atoms with Crippen molar-refractivity contribution in [1.82, 2.24) is 5.01 Å². The lowest BCUT2D eigenvalue weighted by Gasteiger charge is -2.37. The molecule has 1 aromatic carbocycles. The van der Waals surface area contributed by atoms with E-state index in [1.807, 2.05) is 32.0 Å². The quantitative estimate of drug-likeness (QED) is 0.432. The van der Waals surface area contributed by atoms with Crippen LogP contribution in [0.5, 0.6) is 11.5 Å². The normalized spacial score (nSPS) is 34.7. The van der Waals surface area contributed by atoms with Crippen molar-refractivity contribution in [3.8, 4) is 11.5 Å². The number of carbonyl (C=O) groups is 2. The number of hydrogen-bond donors (Lipinski definition) is 0. The summed E-state index contributed by atoms with van der Waals surface area (Å²) < 4.78 is 11.2. The Bertz CT molecular complexity index is 857. The first-order valence-corrected chi connectivity index (χ1v) is 10.1. The molecule has 6 atom stereocenters. The molecule has 4 aliphatic carbocycles. The van der Waals surface area contributed by atoms with Gasteiger partial charge in [0.2, 0.25) is 0 Å². The first kappa shape index (κ1) is 17.5. The molecule has 0 radical (unpaired) electrons. The van der Waals surface area contributed by atoms with E-state index in [-0.39, 0.29) is 35.5 Å². The fraction of sp³-hybridized carbons (Fsp3) is 0.500. The summed E-state index contributed by atoms with van der Waals surface area (Å²) in [5, 5.41) is 5.38. The molecule has 5 aliphatic rings. The highest BCUT2D eigenvalue weighted by Crippen LogP contribution is 2.65. The highest BCUT2D eigenvalue weighted by atomic mass is 16.5. The minimum absolute atomic E-state index is 0.146. The van der Waals surface area contributed by atoms with E-state index in [4.69, 9.17) is 9.47 Å². The van der Waals surface area contributed by atoms with Gasteiger partial charge in [0.05, 0.1) is 31.3 Å². The van der Waals surface area contributed by atoms with E-state index in [0.29, 0.717) is 36.5 Å². The maximum absolute atomic E-state index is 12.9. The van der Waals surface area contributed by atoms with Crippen molar-refractivity contribution in [2.45, 2.75) is 20.3 Å². The Kier molecular flexibility index (Phi) is 4.03. The lowest BCUT2D eigenvalue weighted by atomic mass is 9.63. The molecule has 2 bridgehead atoms. The van der Waals surface area contributed by atoms with Crippen LogP contribution in [0, 0.1) is 35.5 Å². The number of benzene rings is 1. The maximum Gasteiger partial charge on any atom is 0.254 e. The van der Waals surface area contributed by atoms with Crippen molar-refractivity contribution in [2.24, 2.45) is 40.6 Å². The molecular formula is C22H24N2O4. The van der Waals surface area contributed by atoms with Crippen LogP contribution in [-0.4, -0.2) is 36.3 Å². The van der Waals surface area contributed by atoms with Gasteiger partial charge in [-0.2, -0.15) is 10.1 Å². The van der Waals surface area contributed by atoms with Gasteiger partial charge >= 0.3 is 0 Å². The summed E-state index contributed by atoms with van der Waals surface area (Å²) in [6, 6.07) is 5.48. The molecule has 6 rings (SSSR count). The highest BCUT2D eigenvalue weighted by molar-refractivity contribution is 6.06. The number of amides is 2. The average Bonchev–Trinajstić information content (AvgIpc) is 3.48. The van der Waals surface area contributed by atoms with Crippen molar-refractivity contribution < 1.29 is 19.1 Å². The standard InChI is InChI=1S/C22H24N2O4/c1-3-27-17-8-5-12(9-18(17)28-4-2)11-23-24-21(25)19-13-6-7-14(16-10-15(13)16)20(19)22(24)26/h5-9,11,13-16,19-20H,3-4,10H2,1-2H3/t13-,14-,15-,16-,19-,20+/m0/s1. The summed E-state index contributed by atoms with van der Waals surface area (Å²) >= 11 is 0. The van der Waals surface area contributed by atoms with E-state index in [0.717, 1.165) is 17.0 Å². The molecule has 2 saturated carbocycles. The Morgan fingerprint density at radius 3 is 2.21 bits per heavy atom. The number of nitrogens with zero attached hydrogens (tertiary/aromatic N) is 2. The van der Waals surface area contributed by atoms with Crippen LogP contribution in [0.2, 0.25) is 0 Å². The number of carbonyl (C=O) groups excluding carboxylic acids is 2. The first-order chi connectivity index (χ1) is 13.6.